The summed E-state index contributed by atoms with van der Waals surface area (Å²) in [7, 11) is 0. The molecule has 0 aliphatic carbocycles. The molecule has 0 radical (unpaired) electrons. The Kier molecular flexibility index (Phi) is 3.65. The van der Waals surface area contributed by atoms with Gasteiger partial charge >= 0.3 is 0 Å². The summed E-state index contributed by atoms with van der Waals surface area (Å²) in [6.07, 6.45) is 2.75. The molecule has 0 spiro atoms. The average molecular weight is 180 g/mol. The first kappa shape index (κ1) is 9.93. The molecule has 0 unspecified atom stereocenters. The van der Waals surface area contributed by atoms with Crippen LogP contribution in [0.4, 0.5) is 4.39 Å². The highest BCUT2D eigenvalue weighted by molar-refractivity contribution is 5.30. The molecular formula is C11H13FO. The van der Waals surface area contributed by atoms with E-state index in [0.717, 1.165) is 5.56 Å². The average Bonchev–Trinajstić information content (AvgIpc) is 2.11. The maximum Gasteiger partial charge on any atom is 0.126 e. The Morgan fingerprint density at radius 3 is 2.85 bits per heavy atom. The van der Waals surface area contributed by atoms with Crippen LogP contribution in [0, 0.1) is 5.82 Å². The van der Waals surface area contributed by atoms with Crippen molar-refractivity contribution in [3.05, 3.63) is 47.8 Å². The van der Waals surface area contributed by atoms with Gasteiger partial charge in [-0.15, -0.1) is 6.58 Å². The van der Waals surface area contributed by atoms with Crippen LogP contribution in [0.25, 0.3) is 0 Å². The lowest BCUT2D eigenvalue weighted by Crippen LogP contribution is -2.00. The number of aliphatic hydroxyl groups is 1. The van der Waals surface area contributed by atoms with E-state index >= 15 is 0 Å². The van der Waals surface area contributed by atoms with E-state index in [9.17, 15) is 4.39 Å². The normalized spacial score (nSPS) is 10.0. The molecule has 0 atom stereocenters. The van der Waals surface area contributed by atoms with Crippen LogP contribution in [0.1, 0.15) is 11.1 Å². The monoisotopic (exact) mass is 180 g/mol. The van der Waals surface area contributed by atoms with Gasteiger partial charge in [-0.05, 0) is 30.0 Å². The third kappa shape index (κ3) is 2.39. The topological polar surface area (TPSA) is 20.2 Å². The molecular weight excluding hydrogens is 167 g/mol. The number of allylic oxidation sites excluding steroid dienone is 1. The van der Waals surface area contributed by atoms with Crippen LogP contribution >= 0.6 is 0 Å². The number of rotatable bonds is 4. The van der Waals surface area contributed by atoms with Gasteiger partial charge in [0.1, 0.15) is 5.82 Å². The highest BCUT2D eigenvalue weighted by Crippen LogP contribution is 2.14. The van der Waals surface area contributed by atoms with Gasteiger partial charge < -0.3 is 5.11 Å². The Bertz CT molecular complexity index is 294. The van der Waals surface area contributed by atoms with Crippen molar-refractivity contribution in [2.45, 2.75) is 12.8 Å². The van der Waals surface area contributed by atoms with Crippen LogP contribution in [-0.4, -0.2) is 11.7 Å². The van der Waals surface area contributed by atoms with Crippen LogP contribution in [0.5, 0.6) is 0 Å². The van der Waals surface area contributed by atoms with Gasteiger partial charge in [-0.2, -0.15) is 0 Å². The van der Waals surface area contributed by atoms with E-state index in [2.05, 4.69) is 6.58 Å². The molecule has 1 aromatic carbocycles. The van der Waals surface area contributed by atoms with Gasteiger partial charge in [0.05, 0.1) is 0 Å². The molecule has 2 heteroatoms. The fourth-order valence-electron chi connectivity index (χ4n) is 1.34. The fraction of sp³-hybridized carbons (Fsp3) is 0.273. The number of aliphatic hydroxyl groups excluding tert-OH is 1. The van der Waals surface area contributed by atoms with Crippen molar-refractivity contribution in [3.8, 4) is 0 Å². The molecule has 0 saturated heterocycles. The maximum absolute atomic E-state index is 13.2. The van der Waals surface area contributed by atoms with E-state index in [-0.39, 0.29) is 12.4 Å². The van der Waals surface area contributed by atoms with E-state index in [1.54, 1.807) is 12.1 Å². The van der Waals surface area contributed by atoms with E-state index in [0.29, 0.717) is 18.4 Å². The van der Waals surface area contributed by atoms with Crippen molar-refractivity contribution >= 4 is 0 Å². The standard InChI is InChI=1S/C11H13FO/c1-2-4-9-5-3-6-11(12)10(9)7-8-13/h2-3,5-6,13H,1,4,7-8H2. The zero-order chi connectivity index (χ0) is 9.68. The summed E-state index contributed by atoms with van der Waals surface area (Å²) >= 11 is 0. The van der Waals surface area contributed by atoms with Crippen LogP contribution in [0.3, 0.4) is 0 Å². The molecule has 0 amide bonds. The van der Waals surface area contributed by atoms with Crippen LogP contribution in [-0.2, 0) is 12.8 Å². The van der Waals surface area contributed by atoms with Crippen molar-refractivity contribution < 1.29 is 9.50 Å². The van der Waals surface area contributed by atoms with E-state index in [1.807, 2.05) is 6.07 Å². The first-order chi connectivity index (χ1) is 6.29. The van der Waals surface area contributed by atoms with Gasteiger partial charge in [0.2, 0.25) is 0 Å². The molecule has 70 valence electrons. The fourth-order valence-corrected chi connectivity index (χ4v) is 1.34. The summed E-state index contributed by atoms with van der Waals surface area (Å²) in [6.45, 7) is 3.58. The quantitative estimate of drug-likeness (QED) is 0.703. The molecule has 1 rings (SSSR count). The number of benzene rings is 1. The minimum Gasteiger partial charge on any atom is -0.396 e. The molecule has 13 heavy (non-hydrogen) atoms. The molecule has 1 N–H and O–H groups in total. The van der Waals surface area contributed by atoms with Gasteiger partial charge in [-0.1, -0.05) is 18.2 Å². The van der Waals surface area contributed by atoms with Crippen molar-refractivity contribution in [2.24, 2.45) is 0 Å². The Balaban J connectivity index is 3.01. The first-order valence-corrected chi connectivity index (χ1v) is 4.27. The number of hydrogen-bond acceptors (Lipinski definition) is 1. The minimum absolute atomic E-state index is 0.0227. The predicted molar refractivity (Wildman–Crippen MR) is 51.1 cm³/mol. The van der Waals surface area contributed by atoms with E-state index in [4.69, 9.17) is 5.11 Å². The van der Waals surface area contributed by atoms with E-state index in [1.165, 1.54) is 6.07 Å². The lowest BCUT2D eigenvalue weighted by molar-refractivity contribution is 0.297. The third-order valence-electron chi connectivity index (χ3n) is 1.94. The Morgan fingerprint density at radius 2 is 2.23 bits per heavy atom. The highest BCUT2D eigenvalue weighted by atomic mass is 19.1. The Morgan fingerprint density at radius 1 is 1.46 bits per heavy atom. The van der Waals surface area contributed by atoms with Gasteiger partial charge in [0, 0.05) is 6.61 Å². The molecule has 1 aromatic rings. The van der Waals surface area contributed by atoms with Gasteiger partial charge in [-0.3, -0.25) is 0 Å². The zero-order valence-corrected chi connectivity index (χ0v) is 7.46. The summed E-state index contributed by atoms with van der Waals surface area (Å²) < 4.78 is 13.2. The molecule has 0 heterocycles. The highest BCUT2D eigenvalue weighted by Gasteiger charge is 2.05. The third-order valence-corrected chi connectivity index (χ3v) is 1.94. The van der Waals surface area contributed by atoms with Gasteiger partial charge in [0.15, 0.2) is 0 Å². The van der Waals surface area contributed by atoms with Crippen LogP contribution in [0.15, 0.2) is 30.9 Å². The van der Waals surface area contributed by atoms with Crippen LogP contribution < -0.4 is 0 Å². The summed E-state index contributed by atoms with van der Waals surface area (Å²) in [5, 5.41) is 8.74. The van der Waals surface area contributed by atoms with Crippen molar-refractivity contribution in [1.29, 1.82) is 0 Å². The molecule has 0 aliphatic rings. The van der Waals surface area contributed by atoms with Gasteiger partial charge in [0.25, 0.3) is 0 Å². The summed E-state index contributed by atoms with van der Waals surface area (Å²) in [6, 6.07) is 4.95. The zero-order valence-electron chi connectivity index (χ0n) is 7.46. The largest absolute Gasteiger partial charge is 0.396 e. The van der Waals surface area contributed by atoms with Crippen molar-refractivity contribution in [3.63, 3.8) is 0 Å². The maximum atomic E-state index is 13.2. The second kappa shape index (κ2) is 4.77. The smallest absolute Gasteiger partial charge is 0.126 e. The van der Waals surface area contributed by atoms with E-state index < -0.39 is 0 Å². The second-order valence-corrected chi connectivity index (χ2v) is 2.84. The summed E-state index contributed by atoms with van der Waals surface area (Å²) in [4.78, 5) is 0. The van der Waals surface area contributed by atoms with Crippen molar-refractivity contribution in [2.75, 3.05) is 6.61 Å². The van der Waals surface area contributed by atoms with Crippen LogP contribution in [0.2, 0.25) is 0 Å². The van der Waals surface area contributed by atoms with Gasteiger partial charge in [-0.25, -0.2) is 4.39 Å². The molecule has 0 aromatic heterocycles. The lowest BCUT2D eigenvalue weighted by atomic mass is 10.0. The Hall–Kier alpha value is -1.15. The summed E-state index contributed by atoms with van der Waals surface area (Å²) in [5.41, 5.74) is 1.51. The summed E-state index contributed by atoms with van der Waals surface area (Å²) in [5.74, 6) is -0.242. The lowest BCUT2D eigenvalue weighted by Gasteiger charge is -2.06. The second-order valence-electron chi connectivity index (χ2n) is 2.84. The minimum atomic E-state index is -0.242. The Labute approximate surface area is 77.5 Å². The first-order valence-electron chi connectivity index (χ1n) is 4.27. The molecule has 0 fully saturated rings. The molecule has 1 nitrogen and oxygen atoms in total. The molecule has 0 bridgehead atoms. The number of hydrogen-bond donors (Lipinski definition) is 1. The predicted octanol–water partition coefficient (Wildman–Crippen LogP) is 2.09. The van der Waals surface area contributed by atoms with Crippen molar-refractivity contribution in [1.82, 2.24) is 0 Å². The number of halogens is 1. The SMILES string of the molecule is C=CCc1cccc(F)c1CCO. The molecule has 0 aliphatic heterocycles. The molecule has 0 saturated carbocycles.